The molecule has 5 nitrogen and oxygen atoms in total. The van der Waals surface area contributed by atoms with Crippen molar-refractivity contribution in [2.24, 2.45) is 0 Å². The van der Waals surface area contributed by atoms with Crippen LogP contribution in [0.3, 0.4) is 0 Å². The van der Waals surface area contributed by atoms with Gasteiger partial charge in [-0.2, -0.15) is 0 Å². The molecule has 0 aliphatic carbocycles. The molecule has 3 heterocycles. The second-order valence-electron chi connectivity index (χ2n) is 5.49. The number of hydrogen-bond acceptors (Lipinski definition) is 4. The van der Waals surface area contributed by atoms with Crippen molar-refractivity contribution in [3.8, 4) is 11.5 Å². The van der Waals surface area contributed by atoms with E-state index in [2.05, 4.69) is 33.9 Å². The molecule has 1 aromatic carbocycles. The number of aryl methyl sites for hydroxylation is 1. The summed E-state index contributed by atoms with van der Waals surface area (Å²) < 4.78 is 13.2. The minimum absolute atomic E-state index is 0.288. The Bertz CT molecular complexity index is 666. The zero-order valence-electron chi connectivity index (χ0n) is 12.1. The number of hydrogen-bond donors (Lipinski definition) is 1. The summed E-state index contributed by atoms with van der Waals surface area (Å²) in [6.07, 6.45) is 5.85. The van der Waals surface area contributed by atoms with Crippen molar-refractivity contribution in [1.82, 2.24) is 14.9 Å². The quantitative estimate of drug-likeness (QED) is 0.938. The van der Waals surface area contributed by atoms with Gasteiger partial charge in [0.05, 0.1) is 0 Å². The van der Waals surface area contributed by atoms with Gasteiger partial charge in [-0.05, 0) is 43.1 Å². The number of imidazole rings is 1. The first kappa shape index (κ1) is 12.7. The fraction of sp³-hybridized carbons (Fsp3) is 0.438. The van der Waals surface area contributed by atoms with Gasteiger partial charge in [0.25, 0.3) is 0 Å². The summed E-state index contributed by atoms with van der Waals surface area (Å²) in [6.45, 7) is 4.42. The SMILES string of the molecule is CCn1ccnc1CC1NCCc2cc3c(cc21)OCO3. The summed E-state index contributed by atoms with van der Waals surface area (Å²) >= 11 is 0. The normalized spacial score (nSPS) is 19.6. The molecule has 0 saturated heterocycles. The lowest BCUT2D eigenvalue weighted by molar-refractivity contribution is 0.174. The first-order chi connectivity index (χ1) is 10.3. The van der Waals surface area contributed by atoms with Gasteiger partial charge in [0.15, 0.2) is 11.5 Å². The summed E-state index contributed by atoms with van der Waals surface area (Å²) in [6, 6.07) is 4.56. The van der Waals surface area contributed by atoms with Crippen LogP contribution in [0.15, 0.2) is 24.5 Å². The number of nitrogens with zero attached hydrogens (tertiary/aromatic N) is 2. The van der Waals surface area contributed by atoms with E-state index in [1.165, 1.54) is 11.1 Å². The van der Waals surface area contributed by atoms with Crippen LogP contribution in [0, 0.1) is 0 Å². The van der Waals surface area contributed by atoms with Crippen molar-refractivity contribution in [2.45, 2.75) is 32.4 Å². The first-order valence-electron chi connectivity index (χ1n) is 7.51. The standard InChI is InChI=1S/C16H19N3O2/c1-2-19-6-5-18-16(19)9-13-12-8-15-14(20-10-21-15)7-11(12)3-4-17-13/h5-8,13,17H,2-4,9-10H2,1H3. The van der Waals surface area contributed by atoms with E-state index in [0.29, 0.717) is 6.79 Å². The highest BCUT2D eigenvalue weighted by Gasteiger charge is 2.25. The highest BCUT2D eigenvalue weighted by Crippen LogP contribution is 2.38. The third-order valence-electron chi connectivity index (χ3n) is 4.32. The Balaban J connectivity index is 1.67. The third kappa shape index (κ3) is 2.17. The van der Waals surface area contributed by atoms with E-state index in [1.807, 2.05) is 12.4 Å². The average molecular weight is 285 g/mol. The molecule has 0 radical (unpaired) electrons. The fourth-order valence-corrected chi connectivity index (χ4v) is 3.21. The van der Waals surface area contributed by atoms with Crippen molar-refractivity contribution in [1.29, 1.82) is 0 Å². The van der Waals surface area contributed by atoms with Crippen LogP contribution in [0.5, 0.6) is 11.5 Å². The van der Waals surface area contributed by atoms with E-state index in [1.54, 1.807) is 0 Å². The molecule has 21 heavy (non-hydrogen) atoms. The Kier molecular flexibility index (Phi) is 3.07. The highest BCUT2D eigenvalue weighted by molar-refractivity contribution is 5.50. The van der Waals surface area contributed by atoms with E-state index in [0.717, 1.165) is 43.3 Å². The largest absolute Gasteiger partial charge is 0.454 e. The van der Waals surface area contributed by atoms with E-state index in [9.17, 15) is 0 Å². The molecular formula is C16H19N3O2. The molecule has 2 aromatic rings. The second-order valence-corrected chi connectivity index (χ2v) is 5.49. The van der Waals surface area contributed by atoms with Gasteiger partial charge < -0.3 is 19.4 Å². The molecule has 0 fully saturated rings. The molecule has 0 amide bonds. The zero-order valence-corrected chi connectivity index (χ0v) is 12.1. The molecule has 2 aliphatic heterocycles. The Labute approximate surface area is 123 Å². The molecule has 2 aliphatic rings. The predicted molar refractivity (Wildman–Crippen MR) is 78.6 cm³/mol. The molecule has 0 bridgehead atoms. The van der Waals surface area contributed by atoms with Crippen LogP contribution < -0.4 is 14.8 Å². The number of nitrogens with one attached hydrogen (secondary N) is 1. The Morgan fingerprint density at radius 3 is 3.05 bits per heavy atom. The van der Waals surface area contributed by atoms with E-state index >= 15 is 0 Å². The molecule has 1 aromatic heterocycles. The smallest absolute Gasteiger partial charge is 0.231 e. The maximum Gasteiger partial charge on any atom is 0.231 e. The third-order valence-corrected chi connectivity index (χ3v) is 4.32. The van der Waals surface area contributed by atoms with Crippen molar-refractivity contribution in [3.63, 3.8) is 0 Å². The molecule has 1 unspecified atom stereocenters. The van der Waals surface area contributed by atoms with E-state index < -0.39 is 0 Å². The van der Waals surface area contributed by atoms with E-state index in [4.69, 9.17) is 9.47 Å². The Morgan fingerprint density at radius 2 is 2.19 bits per heavy atom. The molecule has 0 saturated carbocycles. The van der Waals surface area contributed by atoms with Gasteiger partial charge in [0.1, 0.15) is 5.82 Å². The first-order valence-corrected chi connectivity index (χ1v) is 7.51. The van der Waals surface area contributed by atoms with Crippen molar-refractivity contribution < 1.29 is 9.47 Å². The highest BCUT2D eigenvalue weighted by atomic mass is 16.7. The van der Waals surface area contributed by atoms with Gasteiger partial charge in [-0.15, -0.1) is 0 Å². The van der Waals surface area contributed by atoms with Crippen LogP contribution >= 0.6 is 0 Å². The van der Waals surface area contributed by atoms with Crippen LogP contribution in [0.4, 0.5) is 0 Å². The molecular weight excluding hydrogens is 266 g/mol. The van der Waals surface area contributed by atoms with Crippen LogP contribution in [0.25, 0.3) is 0 Å². The topological polar surface area (TPSA) is 48.3 Å². The maximum absolute atomic E-state index is 5.52. The van der Waals surface area contributed by atoms with Crippen LogP contribution in [-0.2, 0) is 19.4 Å². The second kappa shape index (κ2) is 5.07. The van der Waals surface area contributed by atoms with E-state index in [-0.39, 0.29) is 6.04 Å². The van der Waals surface area contributed by atoms with Gasteiger partial charge in [-0.25, -0.2) is 4.98 Å². The molecule has 110 valence electrons. The van der Waals surface area contributed by atoms with Crippen molar-refractivity contribution >= 4 is 0 Å². The number of fused-ring (bicyclic) bond motifs is 2. The van der Waals surface area contributed by atoms with Crippen LogP contribution in [-0.4, -0.2) is 22.9 Å². The van der Waals surface area contributed by atoms with Gasteiger partial charge in [-0.3, -0.25) is 0 Å². The molecule has 0 spiro atoms. The maximum atomic E-state index is 5.52. The summed E-state index contributed by atoms with van der Waals surface area (Å²) in [7, 11) is 0. The van der Waals surface area contributed by atoms with Crippen LogP contribution in [0.2, 0.25) is 0 Å². The lowest BCUT2D eigenvalue weighted by atomic mass is 9.91. The monoisotopic (exact) mass is 285 g/mol. The molecule has 1 atom stereocenters. The number of aromatic nitrogens is 2. The number of ether oxygens (including phenoxy) is 2. The average Bonchev–Trinajstić information content (AvgIpc) is 3.13. The summed E-state index contributed by atoms with van der Waals surface area (Å²) in [5.74, 6) is 2.87. The summed E-state index contributed by atoms with van der Waals surface area (Å²) in [5.41, 5.74) is 2.67. The van der Waals surface area contributed by atoms with Gasteiger partial charge >= 0.3 is 0 Å². The summed E-state index contributed by atoms with van der Waals surface area (Å²) in [5, 5.41) is 3.61. The molecule has 4 rings (SSSR count). The lowest BCUT2D eigenvalue weighted by Crippen LogP contribution is -2.31. The fourth-order valence-electron chi connectivity index (χ4n) is 3.21. The minimum atomic E-state index is 0.288. The minimum Gasteiger partial charge on any atom is -0.454 e. The van der Waals surface area contributed by atoms with Gasteiger partial charge in [0.2, 0.25) is 6.79 Å². The molecule has 1 N–H and O–H groups in total. The van der Waals surface area contributed by atoms with Gasteiger partial charge in [-0.1, -0.05) is 0 Å². The lowest BCUT2D eigenvalue weighted by Gasteiger charge is -2.27. The zero-order chi connectivity index (χ0) is 14.2. The predicted octanol–water partition coefficient (Wildman–Crippen LogP) is 2.06. The Morgan fingerprint density at radius 1 is 1.33 bits per heavy atom. The van der Waals surface area contributed by atoms with Gasteiger partial charge in [0, 0.05) is 31.4 Å². The Hall–Kier alpha value is -2.01. The molecule has 5 heteroatoms. The number of rotatable bonds is 3. The van der Waals surface area contributed by atoms with Crippen molar-refractivity contribution in [3.05, 3.63) is 41.5 Å². The number of benzene rings is 1. The summed E-state index contributed by atoms with van der Waals surface area (Å²) in [4.78, 5) is 4.49. The van der Waals surface area contributed by atoms with Crippen molar-refractivity contribution in [2.75, 3.05) is 13.3 Å². The van der Waals surface area contributed by atoms with Crippen LogP contribution in [0.1, 0.15) is 29.9 Å².